The Balaban J connectivity index is 1.88. The maximum absolute atomic E-state index is 14.0. The average molecular weight is 575 g/mol. The van der Waals surface area contributed by atoms with Gasteiger partial charge in [-0.1, -0.05) is 33.1 Å². The summed E-state index contributed by atoms with van der Waals surface area (Å²) in [4.78, 5) is 65.8. The van der Waals surface area contributed by atoms with Crippen molar-refractivity contribution in [3.63, 3.8) is 0 Å². The molecule has 2 saturated carbocycles. The van der Waals surface area contributed by atoms with E-state index >= 15 is 0 Å². The number of nitrogens with zero attached hydrogens (tertiary/aromatic N) is 1. The van der Waals surface area contributed by atoms with E-state index in [4.69, 9.17) is 4.74 Å². The molecule has 0 aromatic carbocycles. The number of Topliss-reactive ketones (excluding diaryl/α,β-unsaturated/α-hetero) is 1. The molecule has 0 aromatic heterocycles. The predicted molar refractivity (Wildman–Crippen MR) is 138 cm³/mol. The van der Waals surface area contributed by atoms with Crippen LogP contribution in [0.3, 0.4) is 0 Å². The van der Waals surface area contributed by atoms with Gasteiger partial charge in [-0.25, -0.2) is 4.79 Å². The molecule has 1 saturated heterocycles. The molecule has 0 aromatic rings. The van der Waals surface area contributed by atoms with Gasteiger partial charge in [0.15, 0.2) is 0 Å². The number of alkyl halides is 3. The van der Waals surface area contributed by atoms with Crippen LogP contribution in [-0.4, -0.2) is 78.0 Å². The van der Waals surface area contributed by atoms with Crippen LogP contribution < -0.4 is 16.0 Å². The van der Waals surface area contributed by atoms with Crippen LogP contribution in [0.25, 0.3) is 0 Å². The van der Waals surface area contributed by atoms with Crippen molar-refractivity contribution < 1.29 is 41.9 Å². The number of fused-ring (bicyclic) bond motifs is 1. The first-order valence-electron chi connectivity index (χ1n) is 13.8. The van der Waals surface area contributed by atoms with Crippen LogP contribution in [0.2, 0.25) is 0 Å². The molecule has 4 amide bonds. The van der Waals surface area contributed by atoms with E-state index in [1.165, 1.54) is 4.90 Å². The molecule has 1 aliphatic heterocycles. The van der Waals surface area contributed by atoms with Crippen molar-refractivity contribution in [1.29, 1.82) is 0 Å². The van der Waals surface area contributed by atoms with Gasteiger partial charge in [0.2, 0.25) is 17.6 Å². The Kier molecular flexibility index (Phi) is 9.15. The molecule has 1 heterocycles. The highest BCUT2D eigenvalue weighted by Gasteiger charge is 2.70. The Morgan fingerprint density at radius 1 is 1.00 bits per heavy atom. The van der Waals surface area contributed by atoms with Gasteiger partial charge in [-0.15, -0.1) is 0 Å². The number of rotatable bonds is 8. The number of ketones is 1. The summed E-state index contributed by atoms with van der Waals surface area (Å²) in [6.45, 7) is 9.07. The van der Waals surface area contributed by atoms with E-state index in [2.05, 4.69) is 10.6 Å². The van der Waals surface area contributed by atoms with E-state index in [1.54, 1.807) is 20.8 Å². The minimum Gasteiger partial charge on any atom is -0.444 e. The maximum atomic E-state index is 14.0. The lowest BCUT2D eigenvalue weighted by molar-refractivity contribution is -0.155. The number of alkyl carbamates (subject to hydrolysis) is 1. The Morgan fingerprint density at radius 2 is 1.60 bits per heavy atom. The smallest absolute Gasteiger partial charge is 0.408 e. The predicted octanol–water partition coefficient (Wildman–Crippen LogP) is 2.70. The summed E-state index contributed by atoms with van der Waals surface area (Å²) in [5, 5.41) is 6.82. The number of carbonyl (C=O) groups is 5. The van der Waals surface area contributed by atoms with Gasteiger partial charge < -0.3 is 25.6 Å². The fourth-order valence-electron chi connectivity index (χ4n) is 6.25. The zero-order chi connectivity index (χ0) is 30.2. The third-order valence-electron chi connectivity index (χ3n) is 8.34. The van der Waals surface area contributed by atoms with Gasteiger partial charge in [0.05, 0.1) is 6.42 Å². The highest BCUT2D eigenvalue weighted by atomic mass is 19.4. The quantitative estimate of drug-likeness (QED) is 0.382. The van der Waals surface area contributed by atoms with Crippen molar-refractivity contribution in [3.8, 4) is 0 Å². The Morgan fingerprint density at radius 3 is 2.12 bits per heavy atom. The molecule has 3 aliphatic rings. The molecule has 2 aliphatic carbocycles. The maximum Gasteiger partial charge on any atom is 0.408 e. The molecule has 10 nitrogen and oxygen atoms in total. The first-order chi connectivity index (χ1) is 18.4. The molecule has 3 unspecified atom stereocenters. The Labute approximate surface area is 232 Å². The number of ether oxygens (including phenoxy) is 1. The minimum atomic E-state index is -4.84. The standard InChI is InChI=1S/C27H41F3N4O6/c1-25(2,3)40-24(39)33-18(14-10-8-7-9-11-14)23(38)34-13-15-17(26(15,4)5)19(34)21(36)32-16(12-27(28,29)30)20(35)22(37)31-6/h14-19H,7-13H2,1-6H3,(H,31,37)(H,32,36)(H,33,39)/t15?,16?,17-,18?,19-/m0/s1. The van der Waals surface area contributed by atoms with Crippen LogP contribution in [0.4, 0.5) is 18.0 Å². The van der Waals surface area contributed by atoms with Gasteiger partial charge >= 0.3 is 12.3 Å². The first kappa shape index (κ1) is 31.7. The van der Waals surface area contributed by atoms with Crippen LogP contribution in [0.5, 0.6) is 0 Å². The highest BCUT2D eigenvalue weighted by molar-refractivity contribution is 6.38. The number of piperidine rings is 1. The number of halogens is 3. The van der Waals surface area contributed by atoms with E-state index in [0.717, 1.165) is 26.3 Å². The summed E-state index contributed by atoms with van der Waals surface area (Å²) in [7, 11) is 1.10. The van der Waals surface area contributed by atoms with Crippen LogP contribution in [-0.2, 0) is 23.9 Å². The van der Waals surface area contributed by atoms with Crippen LogP contribution in [0.1, 0.15) is 73.1 Å². The number of hydrogen-bond donors (Lipinski definition) is 3. The monoisotopic (exact) mass is 574 g/mol. The second kappa shape index (κ2) is 11.6. The fraction of sp³-hybridized carbons (Fsp3) is 0.815. The molecular weight excluding hydrogens is 533 g/mol. The van der Waals surface area contributed by atoms with Crippen molar-refractivity contribution in [3.05, 3.63) is 0 Å². The molecule has 0 radical (unpaired) electrons. The summed E-state index contributed by atoms with van der Waals surface area (Å²) in [6.07, 6.45) is -3.24. The number of nitrogens with one attached hydrogen (secondary N) is 3. The van der Waals surface area contributed by atoms with E-state index in [1.807, 2.05) is 19.2 Å². The average Bonchev–Trinajstić information content (AvgIpc) is 3.16. The van der Waals surface area contributed by atoms with Crippen LogP contribution in [0.15, 0.2) is 0 Å². The minimum absolute atomic E-state index is 0.0866. The van der Waals surface area contributed by atoms with Gasteiger partial charge in [0.25, 0.3) is 5.91 Å². The van der Waals surface area contributed by atoms with Gasteiger partial charge in [-0.2, -0.15) is 13.2 Å². The molecule has 13 heteroatoms. The molecule has 3 N–H and O–H groups in total. The summed E-state index contributed by atoms with van der Waals surface area (Å²) < 4.78 is 45.2. The normalized spacial score (nSPS) is 25.7. The summed E-state index contributed by atoms with van der Waals surface area (Å²) in [5.41, 5.74) is -1.17. The molecular formula is C27H41F3N4O6. The zero-order valence-electron chi connectivity index (χ0n) is 23.9. The number of likely N-dealkylation sites (tertiary alicyclic amines) is 1. The zero-order valence-corrected chi connectivity index (χ0v) is 23.9. The molecule has 5 atom stereocenters. The van der Waals surface area contributed by atoms with E-state index in [-0.39, 0.29) is 29.7 Å². The molecule has 3 rings (SSSR count). The third kappa shape index (κ3) is 7.25. The van der Waals surface area contributed by atoms with Gasteiger partial charge in [0, 0.05) is 13.6 Å². The second-order valence-electron chi connectivity index (χ2n) is 12.7. The summed E-state index contributed by atoms with van der Waals surface area (Å²) in [5.74, 6) is -4.78. The van der Waals surface area contributed by atoms with Crippen molar-refractivity contribution in [2.75, 3.05) is 13.6 Å². The molecule has 0 spiro atoms. The van der Waals surface area contributed by atoms with Crippen molar-refractivity contribution in [2.45, 2.75) is 103 Å². The van der Waals surface area contributed by atoms with Crippen LogP contribution in [0, 0.1) is 23.2 Å². The Hall–Kier alpha value is -2.86. The lowest BCUT2D eigenvalue weighted by Gasteiger charge is -2.37. The Bertz CT molecular complexity index is 1020. The topological polar surface area (TPSA) is 134 Å². The molecule has 226 valence electrons. The van der Waals surface area contributed by atoms with Gasteiger partial charge in [-0.3, -0.25) is 19.2 Å². The number of carbonyl (C=O) groups excluding carboxylic acids is 5. The summed E-state index contributed by atoms with van der Waals surface area (Å²) in [6, 6.07) is -4.28. The molecule has 0 bridgehead atoms. The van der Waals surface area contributed by atoms with Crippen LogP contribution >= 0.6 is 0 Å². The lowest BCUT2D eigenvalue weighted by atomic mass is 9.83. The fourth-order valence-corrected chi connectivity index (χ4v) is 6.25. The van der Waals surface area contributed by atoms with Crippen molar-refractivity contribution in [2.24, 2.45) is 23.2 Å². The SMILES string of the molecule is CNC(=O)C(=O)C(CC(F)(F)F)NC(=O)[C@@H]1[C@@H]2C(CN1C(=O)C(NC(=O)OC(C)(C)C)C1CCCCC1)C2(C)C. The second-order valence-corrected chi connectivity index (χ2v) is 12.7. The third-order valence-corrected chi connectivity index (χ3v) is 8.34. The largest absolute Gasteiger partial charge is 0.444 e. The number of hydrogen-bond acceptors (Lipinski definition) is 6. The summed E-state index contributed by atoms with van der Waals surface area (Å²) >= 11 is 0. The number of amides is 4. The van der Waals surface area contributed by atoms with Gasteiger partial charge in [0.1, 0.15) is 23.7 Å². The van der Waals surface area contributed by atoms with Crippen molar-refractivity contribution in [1.82, 2.24) is 20.9 Å². The van der Waals surface area contributed by atoms with E-state index in [9.17, 15) is 37.1 Å². The number of likely N-dealkylation sites (N-methyl/N-ethyl adjacent to an activating group) is 1. The first-order valence-corrected chi connectivity index (χ1v) is 13.8. The van der Waals surface area contributed by atoms with Gasteiger partial charge in [-0.05, 0) is 56.8 Å². The highest BCUT2D eigenvalue weighted by Crippen LogP contribution is 2.65. The molecule has 3 fully saturated rings. The lowest BCUT2D eigenvalue weighted by Crippen LogP contribution is -2.60. The van der Waals surface area contributed by atoms with Crippen molar-refractivity contribution >= 4 is 29.6 Å². The van der Waals surface area contributed by atoms with E-state index in [0.29, 0.717) is 12.8 Å². The van der Waals surface area contributed by atoms with E-state index < -0.39 is 65.9 Å². The molecule has 40 heavy (non-hydrogen) atoms.